The Morgan fingerprint density at radius 3 is 2.27 bits per heavy atom. The molecule has 2 rings (SSSR count). The highest BCUT2D eigenvalue weighted by atomic mass is 15.3. The Kier molecular flexibility index (Phi) is 5.90. The predicted octanol–water partition coefficient (Wildman–Crippen LogP) is 3.94. The number of nitrogens with one attached hydrogen (secondary N) is 1. The number of aromatic nitrogens is 2. The summed E-state index contributed by atoms with van der Waals surface area (Å²) in [6.07, 6.45) is 1.33. The first-order valence-corrected chi connectivity index (χ1v) is 8.09. The maximum Gasteiger partial charge on any atom is 0.150 e. The van der Waals surface area contributed by atoms with Gasteiger partial charge < -0.3 is 5.32 Å². The van der Waals surface area contributed by atoms with E-state index < -0.39 is 0 Å². The highest BCUT2D eigenvalue weighted by Crippen LogP contribution is 2.22. The average Bonchev–Trinajstić information content (AvgIpc) is 2.56. The molecule has 1 aromatic carbocycles. The number of hydrogen-bond donors (Lipinski definition) is 1. The van der Waals surface area contributed by atoms with Gasteiger partial charge in [0.05, 0.1) is 11.9 Å². The number of nitrogens with zero attached hydrogens (tertiary/aromatic N) is 3. The molecule has 0 aliphatic heterocycles. The first kappa shape index (κ1) is 16.4. The van der Waals surface area contributed by atoms with E-state index in [0.29, 0.717) is 6.17 Å². The van der Waals surface area contributed by atoms with E-state index in [-0.39, 0.29) is 0 Å². The van der Waals surface area contributed by atoms with Crippen molar-refractivity contribution in [1.82, 2.24) is 15.1 Å². The van der Waals surface area contributed by atoms with Crippen LogP contribution in [0, 0.1) is 6.92 Å². The van der Waals surface area contributed by atoms with E-state index in [0.717, 1.165) is 42.1 Å². The lowest BCUT2D eigenvalue weighted by molar-refractivity contribution is 0.232. The number of hydrogen-bond acceptors (Lipinski definition) is 4. The third kappa shape index (κ3) is 3.83. The molecule has 1 atom stereocenters. The maximum atomic E-state index is 4.42. The quantitative estimate of drug-likeness (QED) is 0.786. The molecule has 0 amide bonds. The Bertz CT molecular complexity index is 579. The number of aryl methyl sites for hydroxylation is 1. The van der Waals surface area contributed by atoms with Gasteiger partial charge in [-0.3, -0.25) is 4.90 Å². The SMILES string of the molecule is CCC(Nc1cc(C)c(-c2ccccc2)nn1)N(CC)CC. The van der Waals surface area contributed by atoms with Gasteiger partial charge in [-0.2, -0.15) is 0 Å². The average molecular weight is 298 g/mol. The Balaban J connectivity index is 2.19. The van der Waals surface area contributed by atoms with Crippen molar-refractivity contribution in [2.45, 2.75) is 40.3 Å². The van der Waals surface area contributed by atoms with Crippen LogP contribution in [0.1, 0.15) is 32.8 Å². The molecule has 0 radical (unpaired) electrons. The molecule has 1 N–H and O–H groups in total. The summed E-state index contributed by atoms with van der Waals surface area (Å²) >= 11 is 0. The largest absolute Gasteiger partial charge is 0.353 e. The van der Waals surface area contributed by atoms with Gasteiger partial charge in [-0.25, -0.2) is 0 Å². The molecule has 1 aromatic heterocycles. The topological polar surface area (TPSA) is 41.1 Å². The van der Waals surface area contributed by atoms with Crippen molar-refractivity contribution >= 4 is 5.82 Å². The summed E-state index contributed by atoms with van der Waals surface area (Å²) in [6.45, 7) is 10.7. The zero-order valence-electron chi connectivity index (χ0n) is 14.0. The standard InChI is InChI=1S/C18H26N4/c1-5-17(22(6-2)7-3)19-16-13-14(4)18(21-20-16)15-11-9-8-10-12-15/h8-13,17H,5-7H2,1-4H3,(H,19,20). The highest BCUT2D eigenvalue weighted by molar-refractivity contribution is 5.63. The van der Waals surface area contributed by atoms with Crippen molar-refractivity contribution in [2.75, 3.05) is 18.4 Å². The van der Waals surface area contributed by atoms with Crippen LogP contribution in [0.2, 0.25) is 0 Å². The Hall–Kier alpha value is -1.94. The molecule has 4 heteroatoms. The molecule has 4 nitrogen and oxygen atoms in total. The van der Waals surface area contributed by atoms with Gasteiger partial charge in [0.1, 0.15) is 5.82 Å². The van der Waals surface area contributed by atoms with E-state index in [2.05, 4.69) is 66.3 Å². The Morgan fingerprint density at radius 1 is 1.05 bits per heavy atom. The summed E-state index contributed by atoms with van der Waals surface area (Å²) in [4.78, 5) is 2.39. The van der Waals surface area contributed by atoms with E-state index in [1.54, 1.807) is 0 Å². The molecule has 1 unspecified atom stereocenters. The summed E-state index contributed by atoms with van der Waals surface area (Å²) in [6, 6.07) is 12.3. The lowest BCUT2D eigenvalue weighted by Crippen LogP contribution is -2.40. The van der Waals surface area contributed by atoms with Crippen LogP contribution >= 0.6 is 0 Å². The molecule has 0 bridgehead atoms. The van der Waals surface area contributed by atoms with Crippen molar-refractivity contribution in [3.63, 3.8) is 0 Å². The van der Waals surface area contributed by atoms with Gasteiger partial charge in [0, 0.05) is 5.56 Å². The van der Waals surface area contributed by atoms with Crippen molar-refractivity contribution < 1.29 is 0 Å². The van der Waals surface area contributed by atoms with Crippen LogP contribution in [0.25, 0.3) is 11.3 Å². The molecule has 0 saturated heterocycles. The molecule has 2 aromatic rings. The molecular formula is C18H26N4. The molecule has 0 spiro atoms. The second kappa shape index (κ2) is 7.90. The first-order chi connectivity index (χ1) is 10.7. The minimum Gasteiger partial charge on any atom is -0.353 e. The van der Waals surface area contributed by atoms with Crippen molar-refractivity contribution in [1.29, 1.82) is 0 Å². The lowest BCUT2D eigenvalue weighted by Gasteiger charge is -2.29. The van der Waals surface area contributed by atoms with Crippen LogP contribution in [0.15, 0.2) is 36.4 Å². The fourth-order valence-corrected chi connectivity index (χ4v) is 2.72. The molecule has 22 heavy (non-hydrogen) atoms. The molecule has 0 aliphatic carbocycles. The Morgan fingerprint density at radius 2 is 1.73 bits per heavy atom. The van der Waals surface area contributed by atoms with Gasteiger partial charge in [-0.05, 0) is 38.1 Å². The van der Waals surface area contributed by atoms with Crippen molar-refractivity contribution in [2.24, 2.45) is 0 Å². The molecule has 0 fully saturated rings. The minimum atomic E-state index is 0.297. The van der Waals surface area contributed by atoms with E-state index in [1.165, 1.54) is 0 Å². The van der Waals surface area contributed by atoms with Gasteiger partial charge >= 0.3 is 0 Å². The van der Waals surface area contributed by atoms with Gasteiger partial charge in [-0.15, -0.1) is 10.2 Å². The second-order valence-corrected chi connectivity index (χ2v) is 5.42. The summed E-state index contributed by atoms with van der Waals surface area (Å²) in [5.74, 6) is 0.843. The third-order valence-corrected chi connectivity index (χ3v) is 3.99. The molecule has 118 valence electrons. The summed E-state index contributed by atoms with van der Waals surface area (Å²) < 4.78 is 0. The van der Waals surface area contributed by atoms with E-state index >= 15 is 0 Å². The van der Waals surface area contributed by atoms with Gasteiger partial charge in [0.25, 0.3) is 0 Å². The maximum absolute atomic E-state index is 4.42. The smallest absolute Gasteiger partial charge is 0.150 e. The van der Waals surface area contributed by atoms with E-state index in [9.17, 15) is 0 Å². The lowest BCUT2D eigenvalue weighted by atomic mass is 10.1. The zero-order valence-corrected chi connectivity index (χ0v) is 14.0. The predicted molar refractivity (Wildman–Crippen MR) is 92.8 cm³/mol. The van der Waals surface area contributed by atoms with Gasteiger partial charge in [0.15, 0.2) is 0 Å². The first-order valence-electron chi connectivity index (χ1n) is 8.09. The van der Waals surface area contributed by atoms with Gasteiger partial charge in [-0.1, -0.05) is 51.1 Å². The third-order valence-electron chi connectivity index (χ3n) is 3.99. The fourth-order valence-electron chi connectivity index (χ4n) is 2.72. The van der Waals surface area contributed by atoms with Crippen LogP contribution in [0.5, 0.6) is 0 Å². The monoisotopic (exact) mass is 298 g/mol. The minimum absolute atomic E-state index is 0.297. The number of anilines is 1. The number of benzene rings is 1. The second-order valence-electron chi connectivity index (χ2n) is 5.42. The van der Waals surface area contributed by atoms with Crippen molar-refractivity contribution in [3.8, 4) is 11.3 Å². The summed E-state index contributed by atoms with van der Waals surface area (Å²) in [7, 11) is 0. The van der Waals surface area contributed by atoms with Crippen LogP contribution in [0.4, 0.5) is 5.82 Å². The van der Waals surface area contributed by atoms with Crippen LogP contribution in [-0.2, 0) is 0 Å². The molecule has 0 aliphatic rings. The van der Waals surface area contributed by atoms with E-state index in [4.69, 9.17) is 0 Å². The van der Waals surface area contributed by atoms with Crippen LogP contribution in [-0.4, -0.2) is 34.4 Å². The highest BCUT2D eigenvalue weighted by Gasteiger charge is 2.14. The molecule has 1 heterocycles. The molecule has 0 saturated carbocycles. The van der Waals surface area contributed by atoms with Crippen LogP contribution < -0.4 is 5.32 Å². The normalized spacial score (nSPS) is 12.4. The van der Waals surface area contributed by atoms with Gasteiger partial charge in [0.2, 0.25) is 0 Å². The van der Waals surface area contributed by atoms with Crippen LogP contribution in [0.3, 0.4) is 0 Å². The fraction of sp³-hybridized carbons (Fsp3) is 0.444. The van der Waals surface area contributed by atoms with Crippen molar-refractivity contribution in [3.05, 3.63) is 42.0 Å². The number of rotatable bonds is 7. The summed E-state index contributed by atoms with van der Waals surface area (Å²) in [5, 5.41) is 12.3. The Labute approximate surface area is 133 Å². The molecular weight excluding hydrogens is 272 g/mol. The zero-order chi connectivity index (χ0) is 15.9. The van der Waals surface area contributed by atoms with E-state index in [1.807, 2.05) is 18.2 Å². The summed E-state index contributed by atoms with van der Waals surface area (Å²) in [5.41, 5.74) is 3.19.